The molecule has 4 fully saturated rings. The Hall–Kier alpha value is -4.93. The summed E-state index contributed by atoms with van der Waals surface area (Å²) in [6.45, 7) is 22.0. The standard InChI is InChI=1S/C26H39N5O4.C21H31N5O2/c1-18-16-29(25(33)35-26(3,4)5)17-19(2)30(18)15-13-27-23(32)21-11-8-9-14-31(21)24-28-20-10-6-7-12-22(20)34-24;1-15-13-22-14-16(2)25(15)12-10-23-20(27)18-8-5-6-11-26(18)21-24-17-7-3-4-9-19(17)28-21/h6-7,10,12,18-19,21H,8-9,11,13-17H2,1-5H3,(H,27,32);3-4,7,9,15-16,18,22H,5-6,8,10-14H2,1-2H3,(H,23,27)/t18-,19+,21-;15-,16+,18-/m00/s1. The van der Waals surface area contributed by atoms with Gasteiger partial charge in [0, 0.05) is 89.6 Å². The van der Waals surface area contributed by atoms with Crippen molar-refractivity contribution in [2.75, 3.05) is 75.2 Å². The Kier molecular flexibility index (Phi) is 15.1. The minimum absolute atomic E-state index is 0.0136. The molecule has 3 N–H and O–H groups in total. The summed E-state index contributed by atoms with van der Waals surface area (Å²) in [5.41, 5.74) is 2.64. The van der Waals surface area contributed by atoms with Gasteiger partial charge in [0.15, 0.2) is 11.2 Å². The van der Waals surface area contributed by atoms with E-state index in [2.05, 4.69) is 63.4 Å². The van der Waals surface area contributed by atoms with Gasteiger partial charge in [-0.1, -0.05) is 24.3 Å². The van der Waals surface area contributed by atoms with E-state index in [9.17, 15) is 14.4 Å². The van der Waals surface area contributed by atoms with Gasteiger partial charge in [0.1, 0.15) is 28.7 Å². The number of rotatable bonds is 10. The molecule has 4 aromatic rings. The second-order valence-corrected chi connectivity index (χ2v) is 18.8. The number of hydrogen-bond donors (Lipinski definition) is 3. The number of nitrogens with one attached hydrogen (secondary N) is 3. The lowest BCUT2D eigenvalue weighted by Gasteiger charge is -2.44. The predicted octanol–water partition coefficient (Wildman–Crippen LogP) is 5.62. The molecule has 0 unspecified atom stereocenters. The van der Waals surface area contributed by atoms with E-state index in [1.165, 1.54) is 0 Å². The van der Waals surface area contributed by atoms with Gasteiger partial charge in [0.2, 0.25) is 11.8 Å². The summed E-state index contributed by atoms with van der Waals surface area (Å²) in [5, 5.41) is 9.75. The number of para-hydroxylation sites is 4. The summed E-state index contributed by atoms with van der Waals surface area (Å²) >= 11 is 0. The summed E-state index contributed by atoms with van der Waals surface area (Å²) in [5.74, 6) is 0.0945. The number of aromatic nitrogens is 2. The second-order valence-electron chi connectivity index (χ2n) is 18.8. The van der Waals surface area contributed by atoms with Crippen LogP contribution in [0.25, 0.3) is 22.2 Å². The minimum atomic E-state index is -0.504. The Labute approximate surface area is 372 Å². The van der Waals surface area contributed by atoms with Crippen LogP contribution in [0.4, 0.5) is 16.8 Å². The Bertz CT molecular complexity index is 2050. The number of benzene rings is 2. The fourth-order valence-electron chi connectivity index (χ4n) is 9.57. The topological polar surface area (TPSA) is 165 Å². The highest BCUT2D eigenvalue weighted by atomic mass is 16.6. The van der Waals surface area contributed by atoms with Crippen LogP contribution in [0, 0.1) is 0 Å². The Morgan fingerprint density at radius 3 is 1.57 bits per heavy atom. The Morgan fingerprint density at radius 1 is 0.683 bits per heavy atom. The van der Waals surface area contributed by atoms with Crippen molar-refractivity contribution in [1.29, 1.82) is 0 Å². The molecule has 2 aromatic carbocycles. The van der Waals surface area contributed by atoms with Gasteiger partial charge in [0.05, 0.1) is 0 Å². The lowest BCUT2D eigenvalue weighted by molar-refractivity contribution is -0.123. The number of hydrogen-bond acceptors (Lipinski definition) is 13. The zero-order valence-electron chi connectivity index (χ0n) is 38.5. The molecule has 0 bridgehead atoms. The molecule has 344 valence electrons. The predicted molar refractivity (Wildman–Crippen MR) is 246 cm³/mol. The maximum atomic E-state index is 13.2. The number of carbonyl (C=O) groups excluding carboxylic acids is 3. The average molecular weight is 871 g/mol. The molecule has 6 heterocycles. The van der Waals surface area contributed by atoms with Gasteiger partial charge in [-0.3, -0.25) is 19.4 Å². The summed E-state index contributed by atoms with van der Waals surface area (Å²) < 4.78 is 17.4. The number of fused-ring (bicyclic) bond motifs is 2. The number of piperazine rings is 2. The van der Waals surface area contributed by atoms with Crippen molar-refractivity contribution in [3.8, 4) is 0 Å². The van der Waals surface area contributed by atoms with E-state index in [1.807, 2.05) is 79.1 Å². The van der Waals surface area contributed by atoms with Gasteiger partial charge >= 0.3 is 6.09 Å². The molecular formula is C47H70N10O6. The Morgan fingerprint density at radius 2 is 1.13 bits per heavy atom. The maximum Gasteiger partial charge on any atom is 0.410 e. The Balaban J connectivity index is 0.000000193. The first-order chi connectivity index (χ1) is 30.3. The highest BCUT2D eigenvalue weighted by Gasteiger charge is 2.36. The number of amides is 3. The first kappa shape index (κ1) is 46.1. The van der Waals surface area contributed by atoms with Crippen LogP contribution in [-0.4, -0.2) is 150 Å². The van der Waals surface area contributed by atoms with E-state index < -0.39 is 5.60 Å². The van der Waals surface area contributed by atoms with E-state index in [-0.39, 0.29) is 42.1 Å². The monoisotopic (exact) mass is 871 g/mol. The van der Waals surface area contributed by atoms with Crippen LogP contribution < -0.4 is 25.8 Å². The number of ether oxygens (including phenoxy) is 1. The van der Waals surface area contributed by atoms with Crippen molar-refractivity contribution < 1.29 is 28.0 Å². The summed E-state index contributed by atoms with van der Waals surface area (Å²) in [4.78, 5) is 58.5. The molecule has 6 atom stereocenters. The minimum Gasteiger partial charge on any atom is -0.444 e. The van der Waals surface area contributed by atoms with E-state index in [0.29, 0.717) is 50.3 Å². The lowest BCUT2D eigenvalue weighted by Crippen LogP contribution is -2.60. The summed E-state index contributed by atoms with van der Waals surface area (Å²) in [6.07, 6.45) is 5.49. The van der Waals surface area contributed by atoms with Gasteiger partial charge in [0.25, 0.3) is 12.0 Å². The normalized spacial score (nSPS) is 25.1. The molecule has 4 aliphatic heterocycles. The molecule has 4 saturated heterocycles. The molecule has 0 spiro atoms. The van der Waals surface area contributed by atoms with Crippen LogP contribution in [0.3, 0.4) is 0 Å². The molecule has 8 rings (SSSR count). The number of piperidine rings is 2. The number of oxazole rings is 2. The summed E-state index contributed by atoms with van der Waals surface area (Å²) in [6, 6.07) is 17.4. The van der Waals surface area contributed by atoms with E-state index in [0.717, 1.165) is 100.0 Å². The molecule has 63 heavy (non-hydrogen) atoms. The summed E-state index contributed by atoms with van der Waals surface area (Å²) in [7, 11) is 0. The molecular weight excluding hydrogens is 801 g/mol. The molecule has 0 aliphatic carbocycles. The third-order valence-electron chi connectivity index (χ3n) is 12.8. The van der Waals surface area contributed by atoms with Gasteiger partial charge < -0.3 is 44.2 Å². The second kappa shape index (κ2) is 20.7. The number of nitrogens with zero attached hydrogens (tertiary/aromatic N) is 7. The zero-order chi connectivity index (χ0) is 44.7. The van der Waals surface area contributed by atoms with Crippen LogP contribution in [0.5, 0.6) is 0 Å². The van der Waals surface area contributed by atoms with Crippen LogP contribution in [0.2, 0.25) is 0 Å². The van der Waals surface area contributed by atoms with Crippen molar-refractivity contribution in [3.05, 3.63) is 48.5 Å². The molecule has 4 aliphatic rings. The molecule has 0 saturated carbocycles. The third kappa shape index (κ3) is 11.6. The van der Waals surface area contributed by atoms with Gasteiger partial charge in [-0.05, 0) is 111 Å². The van der Waals surface area contributed by atoms with E-state index in [1.54, 1.807) is 4.90 Å². The van der Waals surface area contributed by atoms with E-state index in [4.69, 9.17) is 13.6 Å². The highest BCUT2D eigenvalue weighted by Crippen LogP contribution is 2.29. The molecule has 0 radical (unpaired) electrons. The lowest BCUT2D eigenvalue weighted by atomic mass is 10.0. The first-order valence-corrected chi connectivity index (χ1v) is 23.3. The van der Waals surface area contributed by atoms with Crippen molar-refractivity contribution in [2.24, 2.45) is 0 Å². The third-order valence-corrected chi connectivity index (χ3v) is 12.8. The molecule has 3 amide bonds. The fraction of sp³-hybridized carbons (Fsp3) is 0.638. The first-order valence-electron chi connectivity index (χ1n) is 23.3. The van der Waals surface area contributed by atoms with E-state index >= 15 is 0 Å². The highest BCUT2D eigenvalue weighted by molar-refractivity contribution is 5.86. The molecule has 2 aromatic heterocycles. The number of carbonyl (C=O) groups is 3. The zero-order valence-corrected chi connectivity index (χ0v) is 38.5. The van der Waals surface area contributed by atoms with Gasteiger partial charge in [-0.25, -0.2) is 4.79 Å². The van der Waals surface area contributed by atoms with Crippen LogP contribution in [-0.2, 0) is 14.3 Å². The van der Waals surface area contributed by atoms with Crippen LogP contribution >= 0.6 is 0 Å². The van der Waals surface area contributed by atoms with Crippen molar-refractivity contribution in [3.63, 3.8) is 0 Å². The number of anilines is 2. The molecule has 16 nitrogen and oxygen atoms in total. The maximum absolute atomic E-state index is 13.2. The van der Waals surface area contributed by atoms with Crippen molar-refractivity contribution in [2.45, 2.75) is 129 Å². The average Bonchev–Trinajstić information content (AvgIpc) is 3.90. The van der Waals surface area contributed by atoms with Crippen molar-refractivity contribution >= 4 is 52.1 Å². The van der Waals surface area contributed by atoms with Gasteiger partial charge in [-0.2, -0.15) is 9.97 Å². The van der Waals surface area contributed by atoms with Crippen LogP contribution in [0.1, 0.15) is 87.0 Å². The van der Waals surface area contributed by atoms with Crippen molar-refractivity contribution in [1.82, 2.24) is 40.6 Å². The van der Waals surface area contributed by atoms with Crippen LogP contribution in [0.15, 0.2) is 57.4 Å². The fourth-order valence-corrected chi connectivity index (χ4v) is 9.57. The largest absolute Gasteiger partial charge is 0.444 e. The van der Waals surface area contributed by atoms with Gasteiger partial charge in [-0.15, -0.1) is 0 Å². The SMILES string of the molecule is C[C@@H]1CN(C(=O)OC(C)(C)C)C[C@H](C)N1CCNC(=O)[C@@H]1CCCCN1c1nc2ccccc2o1.C[C@@H]1CNC[C@H](C)N1CCNC(=O)[C@@H]1CCCCN1c1nc2ccccc2o1. The molecule has 16 heteroatoms. The smallest absolute Gasteiger partial charge is 0.410 e. The quantitative estimate of drug-likeness (QED) is 0.180.